The third-order valence-corrected chi connectivity index (χ3v) is 6.30. The minimum absolute atomic E-state index is 0.500. The molecule has 7 nitrogen and oxygen atoms in total. The van der Waals surface area contributed by atoms with Gasteiger partial charge < -0.3 is 24.9 Å². The molecule has 0 unspecified atom stereocenters. The van der Waals surface area contributed by atoms with Crippen molar-refractivity contribution in [3.63, 3.8) is 0 Å². The average Bonchev–Trinajstić information content (AvgIpc) is 2.99. The second kappa shape index (κ2) is 10.3. The topological polar surface area (TPSA) is 69.5 Å². The number of aromatic nitrogens is 2. The zero-order chi connectivity index (χ0) is 21.6. The summed E-state index contributed by atoms with van der Waals surface area (Å²) < 4.78 is 5.61. The van der Waals surface area contributed by atoms with Crippen LogP contribution in [-0.2, 0) is 6.54 Å². The molecular weight excluding hydrogens is 408 g/mol. The van der Waals surface area contributed by atoms with E-state index in [0.29, 0.717) is 23.5 Å². The molecule has 2 fully saturated rings. The number of nitrogens with one attached hydrogen (secondary N) is 2. The zero-order valence-corrected chi connectivity index (χ0v) is 19.5. The Balaban J connectivity index is 1.50. The van der Waals surface area contributed by atoms with Crippen molar-refractivity contribution in [1.82, 2.24) is 15.3 Å². The van der Waals surface area contributed by atoms with Crippen LogP contribution in [0.3, 0.4) is 0 Å². The maximum atomic E-state index is 5.61. The summed E-state index contributed by atoms with van der Waals surface area (Å²) >= 11 is 5.51. The molecule has 2 aromatic rings. The summed E-state index contributed by atoms with van der Waals surface area (Å²) in [6, 6.07) is 6.07. The largest absolute Gasteiger partial charge is 0.465 e. The van der Waals surface area contributed by atoms with Crippen LogP contribution in [0, 0.1) is 12.8 Å². The Bertz CT molecular complexity index is 856. The summed E-state index contributed by atoms with van der Waals surface area (Å²) in [5, 5.41) is 6.90. The van der Waals surface area contributed by atoms with Gasteiger partial charge in [-0.2, -0.15) is 9.97 Å². The van der Waals surface area contributed by atoms with E-state index < -0.39 is 0 Å². The van der Waals surface area contributed by atoms with Crippen molar-refractivity contribution in [2.24, 2.45) is 5.92 Å². The van der Waals surface area contributed by atoms with Crippen molar-refractivity contribution in [3.8, 4) is 0 Å². The van der Waals surface area contributed by atoms with Gasteiger partial charge in [0.05, 0.1) is 6.54 Å². The quantitative estimate of drug-likeness (QED) is 0.657. The Morgan fingerprint density at radius 3 is 2.45 bits per heavy atom. The summed E-state index contributed by atoms with van der Waals surface area (Å²) in [5.41, 5.74) is 0. The van der Waals surface area contributed by atoms with E-state index in [0.717, 1.165) is 49.3 Å². The fourth-order valence-corrected chi connectivity index (χ4v) is 4.56. The van der Waals surface area contributed by atoms with Crippen LogP contribution in [0.25, 0.3) is 0 Å². The molecule has 0 saturated carbocycles. The van der Waals surface area contributed by atoms with Crippen LogP contribution < -0.4 is 20.4 Å². The van der Waals surface area contributed by atoms with Crippen molar-refractivity contribution < 1.29 is 4.42 Å². The predicted molar refractivity (Wildman–Crippen MR) is 130 cm³/mol. The van der Waals surface area contributed by atoms with Gasteiger partial charge in [0, 0.05) is 32.2 Å². The zero-order valence-electron chi connectivity index (χ0n) is 18.7. The third kappa shape index (κ3) is 6.09. The van der Waals surface area contributed by atoms with Crippen LogP contribution in [0.4, 0.5) is 17.6 Å². The number of thiocarbonyl (C=S) groups is 1. The monoisotopic (exact) mass is 442 g/mol. The van der Waals surface area contributed by atoms with Crippen LogP contribution in [0.1, 0.15) is 57.0 Å². The average molecular weight is 443 g/mol. The van der Waals surface area contributed by atoms with Gasteiger partial charge in [-0.15, -0.1) is 0 Å². The number of rotatable bonds is 5. The molecule has 8 heteroatoms. The maximum absolute atomic E-state index is 5.61. The molecule has 0 aliphatic carbocycles. The molecule has 2 saturated heterocycles. The standard InChI is InChI=1S/C23H34N6OS/c1-17-8-7-13-29(16-17)21-14-20(28-11-5-3-4-6-12-28)25-22(26-21)27-23(31)24-15-19-10-9-18(2)30-19/h9-10,14,17H,3-8,11-13,15-16H2,1-2H3,(H2,24,25,26,27,31)/t17-/m0/s1. The lowest BCUT2D eigenvalue weighted by Gasteiger charge is -2.33. The van der Waals surface area contributed by atoms with E-state index in [1.165, 1.54) is 38.5 Å². The molecular formula is C23H34N6OS. The lowest BCUT2D eigenvalue weighted by atomic mass is 10.0. The number of hydrogen-bond acceptors (Lipinski definition) is 6. The summed E-state index contributed by atoms with van der Waals surface area (Å²) in [6.45, 7) is 8.96. The van der Waals surface area contributed by atoms with Crippen LogP contribution in [0.5, 0.6) is 0 Å². The highest BCUT2D eigenvalue weighted by molar-refractivity contribution is 7.80. The molecule has 31 heavy (non-hydrogen) atoms. The second-order valence-corrected chi connectivity index (χ2v) is 9.23. The summed E-state index contributed by atoms with van der Waals surface area (Å²) in [6.07, 6.45) is 7.51. The number of hydrogen-bond donors (Lipinski definition) is 2. The Morgan fingerprint density at radius 1 is 1.06 bits per heavy atom. The molecule has 2 aromatic heterocycles. The molecule has 4 rings (SSSR count). The SMILES string of the molecule is Cc1ccc(CNC(=S)Nc2nc(N3CCCCCC3)cc(N3CCC[C@H](C)C3)n2)o1. The van der Waals surface area contributed by atoms with Gasteiger partial charge in [0.1, 0.15) is 23.2 Å². The molecule has 168 valence electrons. The van der Waals surface area contributed by atoms with E-state index >= 15 is 0 Å². The van der Waals surface area contributed by atoms with Gasteiger partial charge in [-0.1, -0.05) is 19.8 Å². The molecule has 0 amide bonds. The first-order chi connectivity index (χ1) is 15.1. The van der Waals surface area contributed by atoms with E-state index in [9.17, 15) is 0 Å². The van der Waals surface area contributed by atoms with Gasteiger partial charge in [0.25, 0.3) is 0 Å². The highest BCUT2D eigenvalue weighted by atomic mass is 32.1. The van der Waals surface area contributed by atoms with Crippen molar-refractivity contribution in [1.29, 1.82) is 0 Å². The molecule has 2 N–H and O–H groups in total. The minimum Gasteiger partial charge on any atom is -0.465 e. The Labute approximate surface area is 190 Å². The molecule has 0 bridgehead atoms. The Morgan fingerprint density at radius 2 is 1.77 bits per heavy atom. The van der Waals surface area contributed by atoms with Gasteiger partial charge in [-0.05, 0) is 62.9 Å². The summed E-state index contributed by atoms with van der Waals surface area (Å²) in [7, 11) is 0. The van der Waals surface area contributed by atoms with Gasteiger partial charge in [0.15, 0.2) is 5.11 Å². The van der Waals surface area contributed by atoms with Crippen LogP contribution in [-0.4, -0.2) is 41.3 Å². The Kier molecular flexibility index (Phi) is 7.27. The van der Waals surface area contributed by atoms with Gasteiger partial charge in [-0.25, -0.2) is 0 Å². The smallest absolute Gasteiger partial charge is 0.232 e. The molecule has 2 aliphatic heterocycles. The highest BCUT2D eigenvalue weighted by Gasteiger charge is 2.21. The summed E-state index contributed by atoms with van der Waals surface area (Å²) in [5.74, 6) is 4.97. The fraction of sp³-hybridized carbons (Fsp3) is 0.609. The van der Waals surface area contributed by atoms with Gasteiger partial charge in [-0.3, -0.25) is 0 Å². The first-order valence-electron chi connectivity index (χ1n) is 11.6. The minimum atomic E-state index is 0.500. The van der Waals surface area contributed by atoms with Crippen molar-refractivity contribution >= 4 is 34.9 Å². The molecule has 0 aromatic carbocycles. The highest BCUT2D eigenvalue weighted by Crippen LogP contribution is 2.27. The van der Waals surface area contributed by atoms with Crippen molar-refractivity contribution in [3.05, 3.63) is 29.7 Å². The number of aryl methyl sites for hydroxylation is 1. The van der Waals surface area contributed by atoms with Crippen molar-refractivity contribution in [2.45, 2.75) is 58.9 Å². The molecule has 0 spiro atoms. The molecule has 2 aliphatic rings. The number of piperidine rings is 1. The van der Waals surface area contributed by atoms with E-state index in [2.05, 4.69) is 33.4 Å². The number of nitrogens with zero attached hydrogens (tertiary/aromatic N) is 4. The number of anilines is 3. The first kappa shape index (κ1) is 21.9. The van der Waals surface area contributed by atoms with Crippen LogP contribution >= 0.6 is 12.2 Å². The normalized spacial score (nSPS) is 19.7. The first-order valence-corrected chi connectivity index (χ1v) is 12.0. The van der Waals surface area contributed by atoms with Crippen molar-refractivity contribution in [2.75, 3.05) is 41.3 Å². The molecule has 0 radical (unpaired) electrons. The Hall–Kier alpha value is -2.35. The molecule has 1 atom stereocenters. The number of furan rings is 1. The maximum Gasteiger partial charge on any atom is 0.232 e. The van der Waals surface area contributed by atoms with Gasteiger partial charge in [0.2, 0.25) is 5.95 Å². The van der Waals surface area contributed by atoms with Crippen LogP contribution in [0.2, 0.25) is 0 Å². The summed E-state index contributed by atoms with van der Waals surface area (Å²) in [4.78, 5) is 14.5. The van der Waals surface area contributed by atoms with Gasteiger partial charge >= 0.3 is 0 Å². The molecule has 4 heterocycles. The van der Waals surface area contributed by atoms with E-state index in [4.69, 9.17) is 26.6 Å². The second-order valence-electron chi connectivity index (χ2n) is 8.82. The lowest BCUT2D eigenvalue weighted by Crippen LogP contribution is -2.36. The van der Waals surface area contributed by atoms with E-state index in [1.54, 1.807) is 0 Å². The fourth-order valence-electron chi connectivity index (χ4n) is 4.39. The van der Waals surface area contributed by atoms with Crippen LogP contribution in [0.15, 0.2) is 22.6 Å². The predicted octanol–water partition coefficient (Wildman–Crippen LogP) is 4.48. The lowest BCUT2D eigenvalue weighted by molar-refractivity contribution is 0.444. The third-order valence-electron chi connectivity index (χ3n) is 6.05. The van der Waals surface area contributed by atoms with E-state index in [-0.39, 0.29) is 0 Å². The van der Waals surface area contributed by atoms with E-state index in [1.807, 2.05) is 19.1 Å².